The average molecular weight is 305 g/mol. The summed E-state index contributed by atoms with van der Waals surface area (Å²) in [5.74, 6) is -1.14. The van der Waals surface area contributed by atoms with Crippen molar-refractivity contribution in [1.82, 2.24) is 4.72 Å². The second-order valence-corrected chi connectivity index (χ2v) is 6.13. The summed E-state index contributed by atoms with van der Waals surface area (Å²) in [5.41, 5.74) is 0.909. The summed E-state index contributed by atoms with van der Waals surface area (Å²) in [6.07, 6.45) is 0.796. The Hall–Kier alpha value is -2.34. The summed E-state index contributed by atoms with van der Waals surface area (Å²) < 4.78 is 26.2. The number of aryl methyl sites for hydroxylation is 1. The molecule has 110 valence electrons. The van der Waals surface area contributed by atoms with E-state index >= 15 is 0 Å². The van der Waals surface area contributed by atoms with Crippen LogP contribution in [0.3, 0.4) is 0 Å². The Morgan fingerprint density at radius 3 is 2.29 bits per heavy atom. The zero-order valence-electron chi connectivity index (χ0n) is 11.4. The summed E-state index contributed by atoms with van der Waals surface area (Å²) in [7, 11) is -3.96. The van der Waals surface area contributed by atoms with Crippen LogP contribution in [-0.2, 0) is 16.4 Å². The minimum absolute atomic E-state index is 0.00321. The van der Waals surface area contributed by atoms with Crippen molar-refractivity contribution in [3.63, 3.8) is 0 Å². The second-order valence-electron chi connectivity index (χ2n) is 4.45. The van der Waals surface area contributed by atoms with Gasteiger partial charge in [0.15, 0.2) is 0 Å². The number of carbonyl (C=O) groups excluding carboxylic acids is 1. The fourth-order valence-corrected chi connectivity index (χ4v) is 2.77. The molecule has 0 bridgehead atoms. The zero-order valence-corrected chi connectivity index (χ0v) is 12.2. The van der Waals surface area contributed by atoms with Gasteiger partial charge in [-0.3, -0.25) is 4.79 Å². The molecule has 0 aromatic heterocycles. The third kappa shape index (κ3) is 3.41. The Morgan fingerprint density at radius 2 is 1.71 bits per heavy atom. The number of sulfonamides is 1. The van der Waals surface area contributed by atoms with E-state index < -0.39 is 15.9 Å². The fraction of sp³-hybridized carbons (Fsp3) is 0.133. The van der Waals surface area contributed by atoms with Crippen LogP contribution < -0.4 is 4.72 Å². The van der Waals surface area contributed by atoms with E-state index in [1.807, 2.05) is 11.6 Å². The Bertz CT molecular complexity index is 751. The molecule has 1 amide bonds. The molecule has 2 N–H and O–H groups in total. The van der Waals surface area contributed by atoms with Gasteiger partial charge in [0.05, 0.1) is 10.5 Å². The van der Waals surface area contributed by atoms with Gasteiger partial charge in [0, 0.05) is 0 Å². The number of amides is 1. The van der Waals surface area contributed by atoms with Crippen LogP contribution >= 0.6 is 0 Å². The van der Waals surface area contributed by atoms with Crippen molar-refractivity contribution < 1.29 is 18.3 Å². The van der Waals surface area contributed by atoms with E-state index in [1.54, 1.807) is 18.2 Å². The molecule has 2 aromatic rings. The van der Waals surface area contributed by atoms with Crippen LogP contribution in [-0.4, -0.2) is 19.4 Å². The molecule has 0 fully saturated rings. The molecule has 0 unspecified atom stereocenters. The summed E-state index contributed by atoms with van der Waals surface area (Å²) in [4.78, 5) is 11.9. The van der Waals surface area contributed by atoms with Gasteiger partial charge in [0.1, 0.15) is 5.75 Å². The third-order valence-corrected chi connectivity index (χ3v) is 4.36. The monoisotopic (exact) mass is 305 g/mol. The van der Waals surface area contributed by atoms with E-state index in [2.05, 4.69) is 0 Å². The minimum atomic E-state index is -3.96. The average Bonchev–Trinajstić information content (AvgIpc) is 2.47. The third-order valence-electron chi connectivity index (χ3n) is 3.02. The highest BCUT2D eigenvalue weighted by Gasteiger charge is 2.20. The second kappa shape index (κ2) is 5.97. The van der Waals surface area contributed by atoms with Crippen LogP contribution in [0.4, 0.5) is 0 Å². The Morgan fingerprint density at radius 1 is 1.10 bits per heavy atom. The van der Waals surface area contributed by atoms with E-state index in [-0.39, 0.29) is 16.2 Å². The van der Waals surface area contributed by atoms with Crippen molar-refractivity contribution >= 4 is 15.9 Å². The van der Waals surface area contributed by atoms with Crippen LogP contribution in [0.15, 0.2) is 53.4 Å². The molecule has 0 aliphatic rings. The first-order valence-corrected chi connectivity index (χ1v) is 7.86. The van der Waals surface area contributed by atoms with Gasteiger partial charge in [-0.05, 0) is 36.2 Å². The van der Waals surface area contributed by atoms with E-state index in [9.17, 15) is 18.3 Å². The van der Waals surface area contributed by atoms with Gasteiger partial charge in [-0.25, -0.2) is 13.1 Å². The minimum Gasteiger partial charge on any atom is -0.507 e. The molecule has 2 rings (SSSR count). The molecule has 21 heavy (non-hydrogen) atoms. The molecule has 0 aliphatic heterocycles. The maximum Gasteiger partial charge on any atom is 0.268 e. The van der Waals surface area contributed by atoms with Crippen LogP contribution in [0.25, 0.3) is 0 Å². The largest absolute Gasteiger partial charge is 0.507 e. The maximum absolute atomic E-state index is 12.1. The van der Waals surface area contributed by atoms with E-state index in [0.717, 1.165) is 12.0 Å². The normalized spacial score (nSPS) is 11.1. The lowest BCUT2D eigenvalue weighted by atomic mass is 10.2. The topological polar surface area (TPSA) is 83.5 Å². The van der Waals surface area contributed by atoms with Crippen molar-refractivity contribution in [2.45, 2.75) is 18.2 Å². The highest BCUT2D eigenvalue weighted by atomic mass is 32.2. The van der Waals surface area contributed by atoms with Gasteiger partial charge in [0.25, 0.3) is 15.9 Å². The summed E-state index contributed by atoms with van der Waals surface area (Å²) in [6, 6.07) is 12.0. The number of hydrogen-bond acceptors (Lipinski definition) is 4. The van der Waals surface area contributed by atoms with E-state index in [4.69, 9.17) is 0 Å². The van der Waals surface area contributed by atoms with Gasteiger partial charge in [-0.2, -0.15) is 0 Å². The molecule has 6 heteroatoms. The van der Waals surface area contributed by atoms with Crippen molar-refractivity contribution in [3.8, 4) is 5.75 Å². The predicted molar refractivity (Wildman–Crippen MR) is 78.6 cm³/mol. The number of phenolic OH excluding ortho intramolecular Hbond substituents is 1. The summed E-state index contributed by atoms with van der Waals surface area (Å²) >= 11 is 0. The SMILES string of the molecule is CCc1ccc(S(=O)(=O)NC(=O)c2ccccc2O)cc1. The number of aromatic hydroxyl groups is 1. The van der Waals surface area contributed by atoms with Crippen molar-refractivity contribution in [2.24, 2.45) is 0 Å². The van der Waals surface area contributed by atoms with Crippen LogP contribution in [0.5, 0.6) is 5.75 Å². The lowest BCUT2D eigenvalue weighted by molar-refractivity contribution is 0.0979. The number of phenols is 1. The first kappa shape index (κ1) is 15.1. The van der Waals surface area contributed by atoms with Gasteiger partial charge in [0.2, 0.25) is 0 Å². The number of hydrogen-bond donors (Lipinski definition) is 2. The number of nitrogens with one attached hydrogen (secondary N) is 1. The van der Waals surface area contributed by atoms with E-state index in [1.165, 1.54) is 30.3 Å². The van der Waals surface area contributed by atoms with Crippen LogP contribution in [0, 0.1) is 0 Å². The molecule has 0 heterocycles. The number of carbonyl (C=O) groups is 1. The summed E-state index contributed by atoms with van der Waals surface area (Å²) in [5, 5.41) is 9.56. The smallest absolute Gasteiger partial charge is 0.268 e. The Labute approximate surface area is 123 Å². The molecule has 0 saturated heterocycles. The summed E-state index contributed by atoms with van der Waals surface area (Å²) in [6.45, 7) is 1.96. The number of para-hydroxylation sites is 1. The Balaban J connectivity index is 2.24. The first-order chi connectivity index (χ1) is 9.94. The highest BCUT2D eigenvalue weighted by molar-refractivity contribution is 7.90. The molecule has 2 aromatic carbocycles. The van der Waals surface area contributed by atoms with Crippen molar-refractivity contribution in [1.29, 1.82) is 0 Å². The van der Waals surface area contributed by atoms with Crippen LogP contribution in [0.1, 0.15) is 22.8 Å². The first-order valence-electron chi connectivity index (χ1n) is 6.38. The molecule has 0 atom stereocenters. The molecule has 0 saturated carbocycles. The van der Waals surface area contributed by atoms with Gasteiger partial charge in [-0.15, -0.1) is 0 Å². The number of benzene rings is 2. The molecule has 0 spiro atoms. The molecule has 0 radical (unpaired) electrons. The van der Waals surface area contributed by atoms with Crippen molar-refractivity contribution in [2.75, 3.05) is 0 Å². The number of rotatable bonds is 4. The maximum atomic E-state index is 12.1. The lowest BCUT2D eigenvalue weighted by Gasteiger charge is -2.08. The molecular formula is C15H15NO4S. The Kier molecular flexibility index (Phi) is 4.28. The quantitative estimate of drug-likeness (QED) is 0.906. The van der Waals surface area contributed by atoms with Gasteiger partial charge < -0.3 is 5.11 Å². The molecule has 5 nitrogen and oxygen atoms in total. The van der Waals surface area contributed by atoms with Crippen molar-refractivity contribution in [3.05, 3.63) is 59.7 Å². The van der Waals surface area contributed by atoms with Gasteiger partial charge >= 0.3 is 0 Å². The van der Waals surface area contributed by atoms with Crippen LogP contribution in [0.2, 0.25) is 0 Å². The lowest BCUT2D eigenvalue weighted by Crippen LogP contribution is -2.30. The highest BCUT2D eigenvalue weighted by Crippen LogP contribution is 2.17. The standard InChI is InChI=1S/C15H15NO4S/c1-2-11-7-9-12(10-8-11)21(19,20)16-15(18)13-5-3-4-6-14(13)17/h3-10,17H,2H2,1H3,(H,16,18). The molecular weight excluding hydrogens is 290 g/mol. The van der Waals surface area contributed by atoms with Gasteiger partial charge in [-0.1, -0.05) is 31.2 Å². The molecule has 0 aliphatic carbocycles. The fourth-order valence-electron chi connectivity index (χ4n) is 1.81. The zero-order chi connectivity index (χ0) is 15.5. The van der Waals surface area contributed by atoms with E-state index in [0.29, 0.717) is 0 Å². The predicted octanol–water partition coefficient (Wildman–Crippen LogP) is 2.07.